The fraction of sp³-hybridized carbons (Fsp3) is 0.231. The van der Waals surface area contributed by atoms with E-state index in [2.05, 4.69) is 10.2 Å². The van der Waals surface area contributed by atoms with E-state index in [-0.39, 0.29) is 6.42 Å². The van der Waals surface area contributed by atoms with Gasteiger partial charge in [0.1, 0.15) is 0 Å². The lowest BCUT2D eigenvalue weighted by Gasteiger charge is -1.99. The van der Waals surface area contributed by atoms with Gasteiger partial charge in [0.25, 0.3) is 5.22 Å². The number of nitrogens with one attached hydrogen (secondary N) is 1. The second kappa shape index (κ2) is 6.89. The maximum atomic E-state index is 11.2. The number of hydrogen-bond donors (Lipinski definition) is 2. The lowest BCUT2D eigenvalue weighted by atomic mass is 10.1. The topological polar surface area (TPSA) is 111 Å². The molecule has 0 fully saturated rings. The van der Waals surface area contributed by atoms with Crippen molar-refractivity contribution in [1.29, 1.82) is 0 Å². The number of carbonyl (C=O) groups excluding carboxylic acids is 2. The van der Waals surface area contributed by atoms with Gasteiger partial charge in [-0.15, -0.1) is 10.2 Å². The Morgan fingerprint density at radius 3 is 2.81 bits per heavy atom. The lowest BCUT2D eigenvalue weighted by molar-refractivity contribution is -0.119. The molecule has 21 heavy (non-hydrogen) atoms. The summed E-state index contributed by atoms with van der Waals surface area (Å²) >= 11 is 1.24. The van der Waals surface area contributed by atoms with Gasteiger partial charge in [0.05, 0.1) is 0 Å². The predicted molar refractivity (Wildman–Crippen MR) is 77.5 cm³/mol. The summed E-state index contributed by atoms with van der Waals surface area (Å²) in [5.41, 5.74) is 6.76. The van der Waals surface area contributed by atoms with Gasteiger partial charge in [-0.25, -0.2) is 4.79 Å². The number of benzene rings is 1. The van der Waals surface area contributed by atoms with E-state index in [1.54, 1.807) is 0 Å². The number of amides is 3. The molecule has 0 saturated heterocycles. The summed E-state index contributed by atoms with van der Waals surface area (Å²) in [6.45, 7) is 1.96. The number of aryl methyl sites for hydroxylation is 1. The van der Waals surface area contributed by atoms with Gasteiger partial charge < -0.3 is 10.2 Å². The van der Waals surface area contributed by atoms with E-state index in [0.717, 1.165) is 11.1 Å². The largest absolute Gasteiger partial charge is 0.411 e. The molecule has 0 saturated carbocycles. The number of imide groups is 1. The van der Waals surface area contributed by atoms with Gasteiger partial charge in [0, 0.05) is 17.7 Å². The van der Waals surface area contributed by atoms with Crippen molar-refractivity contribution in [3.8, 4) is 11.5 Å². The number of nitrogens with zero attached hydrogens (tertiary/aromatic N) is 2. The summed E-state index contributed by atoms with van der Waals surface area (Å²) in [6, 6.07) is 6.83. The summed E-state index contributed by atoms with van der Waals surface area (Å²) in [5.74, 6) is 0.417. The van der Waals surface area contributed by atoms with Gasteiger partial charge in [0.2, 0.25) is 11.8 Å². The number of hydrogen-bond acceptors (Lipinski definition) is 6. The monoisotopic (exact) mass is 306 g/mol. The minimum absolute atomic E-state index is 0.135. The molecule has 0 aliphatic heterocycles. The van der Waals surface area contributed by atoms with Crippen molar-refractivity contribution in [2.24, 2.45) is 5.73 Å². The summed E-state index contributed by atoms with van der Waals surface area (Å²) in [6.07, 6.45) is 0.135. The molecule has 0 radical (unpaired) electrons. The number of rotatable bonds is 5. The molecule has 1 aromatic heterocycles. The minimum atomic E-state index is -0.857. The molecule has 2 aromatic rings. The second-order valence-corrected chi connectivity index (χ2v) is 5.25. The summed E-state index contributed by atoms with van der Waals surface area (Å²) < 4.78 is 5.53. The van der Waals surface area contributed by atoms with Crippen LogP contribution < -0.4 is 11.1 Å². The summed E-state index contributed by atoms with van der Waals surface area (Å²) in [4.78, 5) is 21.7. The highest BCUT2D eigenvalue weighted by Crippen LogP contribution is 2.25. The zero-order valence-electron chi connectivity index (χ0n) is 11.3. The first-order valence-corrected chi connectivity index (χ1v) is 7.16. The van der Waals surface area contributed by atoms with E-state index in [0.29, 0.717) is 16.9 Å². The van der Waals surface area contributed by atoms with Crippen LogP contribution in [0.5, 0.6) is 0 Å². The van der Waals surface area contributed by atoms with E-state index in [9.17, 15) is 9.59 Å². The Morgan fingerprint density at radius 2 is 2.10 bits per heavy atom. The average Bonchev–Trinajstić information content (AvgIpc) is 2.87. The molecule has 3 N–H and O–H groups in total. The molecule has 0 atom stereocenters. The Kier molecular flexibility index (Phi) is 4.94. The van der Waals surface area contributed by atoms with Crippen LogP contribution in [0.4, 0.5) is 4.79 Å². The molecule has 0 aliphatic rings. The quantitative estimate of drug-likeness (QED) is 0.814. The van der Waals surface area contributed by atoms with E-state index in [1.807, 2.05) is 36.5 Å². The van der Waals surface area contributed by atoms with Crippen LogP contribution in [0.15, 0.2) is 33.9 Å². The molecule has 0 bridgehead atoms. The van der Waals surface area contributed by atoms with Crippen LogP contribution in [0.2, 0.25) is 0 Å². The van der Waals surface area contributed by atoms with Gasteiger partial charge in [0.15, 0.2) is 0 Å². The van der Waals surface area contributed by atoms with Gasteiger partial charge in [-0.3, -0.25) is 10.1 Å². The van der Waals surface area contributed by atoms with E-state index < -0.39 is 11.9 Å². The van der Waals surface area contributed by atoms with Gasteiger partial charge in [-0.2, -0.15) is 0 Å². The second-order valence-electron chi connectivity index (χ2n) is 4.20. The van der Waals surface area contributed by atoms with Crippen molar-refractivity contribution in [1.82, 2.24) is 15.5 Å². The van der Waals surface area contributed by atoms with Crippen LogP contribution in [-0.4, -0.2) is 27.9 Å². The van der Waals surface area contributed by atoms with Crippen LogP contribution >= 0.6 is 11.8 Å². The number of nitrogens with two attached hydrogens (primary N) is 1. The van der Waals surface area contributed by atoms with Crippen molar-refractivity contribution in [3.05, 3.63) is 29.8 Å². The zero-order chi connectivity index (χ0) is 15.2. The first-order chi connectivity index (χ1) is 10.1. The Balaban J connectivity index is 1.91. The Morgan fingerprint density at radius 1 is 1.33 bits per heavy atom. The maximum absolute atomic E-state index is 11.2. The predicted octanol–water partition coefficient (Wildman–Crippen LogP) is 1.72. The third-order valence-corrected chi connectivity index (χ3v) is 3.42. The van der Waals surface area contributed by atoms with Gasteiger partial charge in [-0.1, -0.05) is 30.0 Å². The smallest absolute Gasteiger partial charge is 0.318 e. The van der Waals surface area contributed by atoms with Gasteiger partial charge >= 0.3 is 6.03 Å². The fourth-order valence-corrected chi connectivity index (χ4v) is 2.32. The van der Waals surface area contributed by atoms with Crippen molar-refractivity contribution >= 4 is 23.7 Å². The molecule has 1 heterocycles. The molecular weight excluding hydrogens is 292 g/mol. The van der Waals surface area contributed by atoms with Crippen LogP contribution in [0.1, 0.15) is 12.0 Å². The van der Waals surface area contributed by atoms with Crippen LogP contribution in [0.25, 0.3) is 11.5 Å². The minimum Gasteiger partial charge on any atom is -0.411 e. The lowest BCUT2D eigenvalue weighted by Crippen LogP contribution is -2.35. The van der Waals surface area contributed by atoms with E-state index >= 15 is 0 Å². The summed E-state index contributed by atoms with van der Waals surface area (Å²) in [7, 11) is 0. The number of urea groups is 1. The van der Waals surface area contributed by atoms with Crippen molar-refractivity contribution in [2.45, 2.75) is 18.6 Å². The van der Waals surface area contributed by atoms with E-state index in [1.165, 1.54) is 11.8 Å². The summed E-state index contributed by atoms with van der Waals surface area (Å²) in [5, 5.41) is 10.3. The first kappa shape index (κ1) is 15.0. The van der Waals surface area contributed by atoms with Crippen LogP contribution in [0, 0.1) is 6.92 Å². The normalized spacial score (nSPS) is 10.3. The van der Waals surface area contributed by atoms with Gasteiger partial charge in [-0.05, 0) is 18.6 Å². The highest BCUT2D eigenvalue weighted by atomic mass is 32.2. The van der Waals surface area contributed by atoms with Crippen molar-refractivity contribution < 1.29 is 14.0 Å². The molecule has 1 aromatic carbocycles. The van der Waals surface area contributed by atoms with Crippen molar-refractivity contribution in [3.63, 3.8) is 0 Å². The molecule has 7 nitrogen and oxygen atoms in total. The average molecular weight is 306 g/mol. The zero-order valence-corrected chi connectivity index (χ0v) is 12.1. The third kappa shape index (κ3) is 4.32. The molecule has 0 spiro atoms. The molecule has 3 amide bonds. The first-order valence-electron chi connectivity index (χ1n) is 6.18. The molecule has 110 valence electrons. The Hall–Kier alpha value is -2.35. The van der Waals surface area contributed by atoms with Crippen LogP contribution in [0.3, 0.4) is 0 Å². The van der Waals surface area contributed by atoms with Crippen LogP contribution in [-0.2, 0) is 4.79 Å². The molecule has 0 aliphatic carbocycles. The Labute approximate surface area is 125 Å². The molecule has 2 rings (SSSR count). The number of carbonyl (C=O) groups is 2. The number of primary amides is 1. The fourth-order valence-electron chi connectivity index (χ4n) is 1.62. The van der Waals surface area contributed by atoms with Crippen molar-refractivity contribution in [2.75, 3.05) is 5.75 Å². The van der Waals surface area contributed by atoms with E-state index in [4.69, 9.17) is 10.2 Å². The SMILES string of the molecule is Cc1ccccc1-c1nnc(SCCC(=O)NC(N)=O)o1. The molecular formula is C13H14N4O3S. The number of thioether (sulfide) groups is 1. The third-order valence-electron chi connectivity index (χ3n) is 2.60. The molecule has 8 heteroatoms. The standard InChI is InChI=1S/C13H14N4O3S/c1-8-4-2-3-5-9(8)11-16-17-13(20-11)21-7-6-10(18)15-12(14)19/h2-5H,6-7H2,1H3,(H3,14,15,18,19). The Bertz CT molecular complexity index is 656. The number of aromatic nitrogens is 2. The molecule has 0 unspecified atom stereocenters. The highest BCUT2D eigenvalue weighted by Gasteiger charge is 2.11. The highest BCUT2D eigenvalue weighted by molar-refractivity contribution is 7.99. The maximum Gasteiger partial charge on any atom is 0.318 e.